The number of hydrogen-bond acceptors (Lipinski definition) is 3. The lowest BCUT2D eigenvalue weighted by Gasteiger charge is -2.36. The van der Waals surface area contributed by atoms with Gasteiger partial charge in [0.05, 0.1) is 12.5 Å². The summed E-state index contributed by atoms with van der Waals surface area (Å²) >= 11 is 0. The molecular weight excluding hydrogens is 252 g/mol. The van der Waals surface area contributed by atoms with Crippen LogP contribution in [0.1, 0.15) is 37.7 Å². The molecule has 1 aromatic rings. The van der Waals surface area contributed by atoms with Gasteiger partial charge in [-0.25, -0.2) is 0 Å². The fourth-order valence-electron chi connectivity index (χ4n) is 3.07. The lowest BCUT2D eigenvalue weighted by atomic mass is 9.68. The Labute approximate surface area is 120 Å². The van der Waals surface area contributed by atoms with Gasteiger partial charge in [-0.1, -0.05) is 31.4 Å². The van der Waals surface area contributed by atoms with E-state index >= 15 is 0 Å². The van der Waals surface area contributed by atoms with Crippen LogP contribution in [-0.2, 0) is 10.2 Å². The minimum atomic E-state index is -0.389. The second-order valence-corrected chi connectivity index (χ2v) is 5.42. The summed E-state index contributed by atoms with van der Waals surface area (Å²) < 4.78 is 5.20. The molecule has 0 aromatic heterocycles. The van der Waals surface area contributed by atoms with Crippen LogP contribution in [0.25, 0.3) is 0 Å². The molecule has 1 aliphatic rings. The van der Waals surface area contributed by atoms with Crippen molar-refractivity contribution in [1.82, 2.24) is 5.32 Å². The van der Waals surface area contributed by atoms with Crippen LogP contribution in [0.4, 0.5) is 0 Å². The molecule has 0 bridgehead atoms. The second-order valence-electron chi connectivity index (χ2n) is 5.42. The number of hydrogen-bond donors (Lipinski definition) is 2. The molecule has 0 aliphatic heterocycles. The topological polar surface area (TPSA) is 64.3 Å². The highest BCUT2D eigenvalue weighted by atomic mass is 16.5. The van der Waals surface area contributed by atoms with Crippen LogP contribution >= 0.6 is 0 Å². The molecular formula is C16H24N2O2. The number of amides is 1. The van der Waals surface area contributed by atoms with E-state index < -0.39 is 0 Å². The summed E-state index contributed by atoms with van der Waals surface area (Å²) in [7, 11) is 1.65. The minimum Gasteiger partial charge on any atom is -0.497 e. The van der Waals surface area contributed by atoms with Gasteiger partial charge in [0, 0.05) is 13.1 Å². The van der Waals surface area contributed by atoms with Crippen molar-refractivity contribution in [2.75, 3.05) is 20.2 Å². The summed E-state index contributed by atoms with van der Waals surface area (Å²) in [5, 5.41) is 2.97. The van der Waals surface area contributed by atoms with Gasteiger partial charge >= 0.3 is 0 Å². The summed E-state index contributed by atoms with van der Waals surface area (Å²) in [4.78, 5) is 12.6. The SMILES string of the molecule is COc1ccc(C2(C(=O)NCCN)CCCCC2)cc1. The molecule has 1 aromatic carbocycles. The van der Waals surface area contributed by atoms with E-state index in [1.165, 1.54) is 6.42 Å². The number of carbonyl (C=O) groups excluding carboxylic acids is 1. The van der Waals surface area contributed by atoms with Gasteiger partial charge in [0.1, 0.15) is 5.75 Å². The van der Waals surface area contributed by atoms with Crippen molar-refractivity contribution in [3.8, 4) is 5.75 Å². The van der Waals surface area contributed by atoms with E-state index in [1.54, 1.807) is 7.11 Å². The number of carbonyl (C=O) groups is 1. The third-order valence-corrected chi connectivity index (χ3v) is 4.21. The molecule has 0 spiro atoms. The Kier molecular flexibility index (Phi) is 5.01. The number of benzene rings is 1. The largest absolute Gasteiger partial charge is 0.497 e. The summed E-state index contributed by atoms with van der Waals surface area (Å²) in [6.07, 6.45) is 5.23. The molecule has 0 heterocycles. The van der Waals surface area contributed by atoms with Crippen LogP contribution in [0.5, 0.6) is 5.75 Å². The van der Waals surface area contributed by atoms with E-state index in [1.807, 2.05) is 24.3 Å². The average molecular weight is 276 g/mol. The first-order valence-corrected chi connectivity index (χ1v) is 7.36. The second kappa shape index (κ2) is 6.75. The van der Waals surface area contributed by atoms with Crippen LogP contribution < -0.4 is 15.8 Å². The van der Waals surface area contributed by atoms with Gasteiger partial charge in [0.25, 0.3) is 0 Å². The van der Waals surface area contributed by atoms with E-state index in [4.69, 9.17) is 10.5 Å². The molecule has 110 valence electrons. The van der Waals surface area contributed by atoms with Crippen molar-refractivity contribution in [3.05, 3.63) is 29.8 Å². The molecule has 1 fully saturated rings. The summed E-state index contributed by atoms with van der Waals surface area (Å²) in [6, 6.07) is 7.90. The van der Waals surface area contributed by atoms with E-state index in [0.29, 0.717) is 13.1 Å². The molecule has 4 nitrogen and oxygen atoms in total. The zero-order valence-electron chi connectivity index (χ0n) is 12.2. The monoisotopic (exact) mass is 276 g/mol. The number of nitrogens with two attached hydrogens (primary N) is 1. The maximum atomic E-state index is 12.6. The molecule has 3 N–H and O–H groups in total. The summed E-state index contributed by atoms with van der Waals surface area (Å²) in [6.45, 7) is 1.02. The van der Waals surface area contributed by atoms with Gasteiger partial charge in [-0.15, -0.1) is 0 Å². The maximum Gasteiger partial charge on any atom is 0.230 e. The quantitative estimate of drug-likeness (QED) is 0.864. The molecule has 0 unspecified atom stereocenters. The third-order valence-electron chi connectivity index (χ3n) is 4.21. The predicted octanol–water partition coefficient (Wildman–Crippen LogP) is 1.97. The standard InChI is InChI=1S/C16H24N2O2/c1-20-14-7-5-13(6-8-14)16(9-3-2-4-10-16)15(19)18-12-11-17/h5-8H,2-4,9-12,17H2,1H3,(H,18,19). The first kappa shape index (κ1) is 14.9. The molecule has 20 heavy (non-hydrogen) atoms. The molecule has 0 saturated heterocycles. The molecule has 1 amide bonds. The molecule has 2 rings (SSSR count). The van der Waals surface area contributed by atoms with E-state index in [0.717, 1.165) is 37.0 Å². The van der Waals surface area contributed by atoms with E-state index in [-0.39, 0.29) is 11.3 Å². The van der Waals surface area contributed by atoms with E-state index in [9.17, 15) is 4.79 Å². The van der Waals surface area contributed by atoms with Gasteiger partial charge in [0.15, 0.2) is 0 Å². The van der Waals surface area contributed by atoms with Crippen molar-refractivity contribution >= 4 is 5.91 Å². The zero-order valence-corrected chi connectivity index (χ0v) is 12.2. The van der Waals surface area contributed by atoms with Gasteiger partial charge < -0.3 is 15.8 Å². The number of ether oxygens (including phenoxy) is 1. The Balaban J connectivity index is 2.27. The Morgan fingerprint density at radius 3 is 2.45 bits per heavy atom. The fourth-order valence-corrected chi connectivity index (χ4v) is 3.07. The predicted molar refractivity (Wildman–Crippen MR) is 79.8 cm³/mol. The first-order chi connectivity index (χ1) is 9.73. The van der Waals surface area contributed by atoms with Crippen LogP contribution in [0, 0.1) is 0 Å². The normalized spacial score (nSPS) is 17.5. The van der Waals surface area contributed by atoms with Crippen molar-refractivity contribution < 1.29 is 9.53 Å². The Morgan fingerprint density at radius 2 is 1.90 bits per heavy atom. The van der Waals surface area contributed by atoms with Gasteiger partial charge in [0.2, 0.25) is 5.91 Å². The number of nitrogens with one attached hydrogen (secondary N) is 1. The highest BCUT2D eigenvalue weighted by Crippen LogP contribution is 2.40. The lowest BCUT2D eigenvalue weighted by Crippen LogP contribution is -2.47. The van der Waals surface area contributed by atoms with Crippen LogP contribution in [0.3, 0.4) is 0 Å². The van der Waals surface area contributed by atoms with Gasteiger partial charge in [-0.2, -0.15) is 0 Å². The van der Waals surface area contributed by atoms with E-state index in [2.05, 4.69) is 5.32 Å². The minimum absolute atomic E-state index is 0.118. The number of methoxy groups -OCH3 is 1. The van der Waals surface area contributed by atoms with Crippen molar-refractivity contribution in [2.45, 2.75) is 37.5 Å². The molecule has 1 aliphatic carbocycles. The van der Waals surface area contributed by atoms with Crippen LogP contribution in [-0.4, -0.2) is 26.1 Å². The molecule has 1 saturated carbocycles. The molecule has 0 atom stereocenters. The smallest absolute Gasteiger partial charge is 0.230 e. The fraction of sp³-hybridized carbons (Fsp3) is 0.562. The van der Waals surface area contributed by atoms with Gasteiger partial charge in [-0.3, -0.25) is 4.79 Å². The average Bonchev–Trinajstić information content (AvgIpc) is 2.53. The highest BCUT2D eigenvalue weighted by Gasteiger charge is 2.40. The molecule has 0 radical (unpaired) electrons. The van der Waals surface area contributed by atoms with Gasteiger partial charge in [-0.05, 0) is 30.5 Å². The Hall–Kier alpha value is -1.55. The Bertz CT molecular complexity index is 436. The van der Waals surface area contributed by atoms with Crippen LogP contribution in [0.2, 0.25) is 0 Å². The highest BCUT2D eigenvalue weighted by molar-refractivity contribution is 5.88. The van der Waals surface area contributed by atoms with Crippen molar-refractivity contribution in [1.29, 1.82) is 0 Å². The summed E-state index contributed by atoms with van der Waals surface area (Å²) in [5.74, 6) is 0.940. The Morgan fingerprint density at radius 1 is 1.25 bits per heavy atom. The maximum absolute atomic E-state index is 12.6. The molecule has 4 heteroatoms. The zero-order chi connectivity index (χ0) is 14.4. The number of rotatable bonds is 5. The summed E-state index contributed by atoms with van der Waals surface area (Å²) in [5.41, 5.74) is 6.20. The first-order valence-electron chi connectivity index (χ1n) is 7.36. The van der Waals surface area contributed by atoms with Crippen LogP contribution in [0.15, 0.2) is 24.3 Å². The third kappa shape index (κ3) is 2.96. The lowest BCUT2D eigenvalue weighted by molar-refractivity contribution is -0.128. The van der Waals surface area contributed by atoms with Crippen molar-refractivity contribution in [3.63, 3.8) is 0 Å². The van der Waals surface area contributed by atoms with Crippen molar-refractivity contribution in [2.24, 2.45) is 5.73 Å².